The van der Waals surface area contributed by atoms with Crippen LogP contribution in [0.15, 0.2) is 47.6 Å². The van der Waals surface area contributed by atoms with Gasteiger partial charge in [0.2, 0.25) is 0 Å². The highest BCUT2D eigenvalue weighted by molar-refractivity contribution is 7.90. The van der Waals surface area contributed by atoms with Gasteiger partial charge in [-0.25, -0.2) is 13.4 Å². The molecule has 0 fully saturated rings. The molecule has 8 heteroatoms. The lowest BCUT2D eigenvalue weighted by Crippen LogP contribution is -1.97. The minimum atomic E-state index is -3.25. The van der Waals surface area contributed by atoms with Crippen LogP contribution >= 0.6 is 0 Å². The van der Waals surface area contributed by atoms with Crippen molar-refractivity contribution < 1.29 is 8.42 Å². The van der Waals surface area contributed by atoms with Crippen molar-refractivity contribution in [3.05, 3.63) is 54.1 Å². The maximum absolute atomic E-state index is 11.7. The second-order valence-electron chi connectivity index (χ2n) is 6.80. The Morgan fingerprint density at radius 3 is 2.29 bits per heavy atom. The second kappa shape index (κ2) is 6.49. The van der Waals surface area contributed by atoms with Crippen LogP contribution in [0.4, 0.5) is 0 Å². The quantitative estimate of drug-likeness (QED) is 0.531. The molecular formula is C20H19N5O2S. The van der Waals surface area contributed by atoms with Gasteiger partial charge in [0.05, 0.1) is 33.6 Å². The van der Waals surface area contributed by atoms with Crippen molar-refractivity contribution in [2.75, 3.05) is 6.26 Å². The van der Waals surface area contributed by atoms with Crippen LogP contribution < -0.4 is 0 Å². The molecular weight excluding hydrogens is 374 g/mol. The molecule has 4 rings (SSSR count). The van der Waals surface area contributed by atoms with Crippen molar-refractivity contribution in [2.45, 2.75) is 18.7 Å². The van der Waals surface area contributed by atoms with Crippen LogP contribution in [0.5, 0.6) is 0 Å². The molecule has 0 amide bonds. The van der Waals surface area contributed by atoms with Gasteiger partial charge >= 0.3 is 0 Å². The van der Waals surface area contributed by atoms with E-state index in [1.54, 1.807) is 41.3 Å². The first-order valence-corrected chi connectivity index (χ1v) is 10.6. The van der Waals surface area contributed by atoms with Gasteiger partial charge in [-0.3, -0.25) is 14.6 Å². The van der Waals surface area contributed by atoms with Crippen molar-refractivity contribution in [1.29, 1.82) is 0 Å². The van der Waals surface area contributed by atoms with Gasteiger partial charge in [0.1, 0.15) is 0 Å². The number of aryl methyl sites for hydroxylation is 3. The summed E-state index contributed by atoms with van der Waals surface area (Å²) < 4.78 is 25.2. The molecule has 28 heavy (non-hydrogen) atoms. The Kier molecular flexibility index (Phi) is 4.23. The standard InChI is InChI=1S/C20H19N5O2S/c1-12-10-22-18(11-21-12)16-9-17(23-20-19(16)13(2)25(3)24-20)14-5-7-15(8-6-14)28(4,26)27/h5-11H,1-4H3. The molecule has 0 spiro atoms. The van der Waals surface area contributed by atoms with Gasteiger partial charge in [-0.15, -0.1) is 0 Å². The highest BCUT2D eigenvalue weighted by Crippen LogP contribution is 2.32. The average molecular weight is 393 g/mol. The van der Waals surface area contributed by atoms with Gasteiger partial charge in [-0.05, 0) is 32.0 Å². The largest absolute Gasteiger partial charge is 0.270 e. The van der Waals surface area contributed by atoms with Gasteiger partial charge in [0.25, 0.3) is 0 Å². The van der Waals surface area contributed by atoms with Crippen molar-refractivity contribution >= 4 is 20.9 Å². The van der Waals surface area contributed by atoms with Crippen molar-refractivity contribution in [3.8, 4) is 22.5 Å². The van der Waals surface area contributed by atoms with Crippen LogP contribution in [0, 0.1) is 13.8 Å². The predicted octanol–water partition coefficient (Wildman–Crippen LogP) is 3.11. The van der Waals surface area contributed by atoms with Gasteiger partial charge in [0.15, 0.2) is 15.5 Å². The number of hydrogen-bond donors (Lipinski definition) is 0. The molecule has 0 saturated carbocycles. The lowest BCUT2D eigenvalue weighted by Gasteiger charge is -2.08. The smallest absolute Gasteiger partial charge is 0.182 e. The topological polar surface area (TPSA) is 90.6 Å². The zero-order chi connectivity index (χ0) is 20.1. The maximum Gasteiger partial charge on any atom is 0.182 e. The summed E-state index contributed by atoms with van der Waals surface area (Å²) in [7, 11) is -1.37. The fourth-order valence-corrected chi connectivity index (χ4v) is 3.72. The molecule has 4 aromatic rings. The Labute approximate surface area is 163 Å². The van der Waals surface area contributed by atoms with E-state index in [-0.39, 0.29) is 4.90 Å². The first-order valence-electron chi connectivity index (χ1n) is 8.68. The molecule has 0 aliphatic rings. The van der Waals surface area contributed by atoms with Crippen molar-refractivity contribution in [1.82, 2.24) is 24.7 Å². The summed E-state index contributed by atoms with van der Waals surface area (Å²) in [6.07, 6.45) is 4.66. The number of hydrogen-bond acceptors (Lipinski definition) is 6. The van der Waals surface area contributed by atoms with Crippen LogP contribution in [0.25, 0.3) is 33.5 Å². The van der Waals surface area contributed by atoms with Gasteiger partial charge in [0, 0.05) is 36.3 Å². The minimum absolute atomic E-state index is 0.274. The normalized spacial score (nSPS) is 11.9. The third-order valence-corrected chi connectivity index (χ3v) is 5.86. The maximum atomic E-state index is 11.7. The zero-order valence-corrected chi connectivity index (χ0v) is 16.8. The Balaban J connectivity index is 1.94. The molecule has 0 bridgehead atoms. The van der Waals surface area contributed by atoms with E-state index in [9.17, 15) is 8.42 Å². The van der Waals surface area contributed by atoms with E-state index in [1.807, 2.05) is 27.0 Å². The van der Waals surface area contributed by atoms with Crippen LogP contribution in [0.1, 0.15) is 11.4 Å². The average Bonchev–Trinajstić information content (AvgIpc) is 2.95. The molecule has 0 atom stereocenters. The van der Waals surface area contributed by atoms with E-state index in [1.165, 1.54) is 6.26 Å². The fourth-order valence-electron chi connectivity index (χ4n) is 3.09. The van der Waals surface area contributed by atoms with Crippen LogP contribution in [-0.4, -0.2) is 39.4 Å². The second-order valence-corrected chi connectivity index (χ2v) is 8.82. The summed E-state index contributed by atoms with van der Waals surface area (Å²) in [6, 6.07) is 8.64. The monoisotopic (exact) mass is 393 g/mol. The molecule has 7 nitrogen and oxygen atoms in total. The van der Waals surface area contributed by atoms with E-state index in [2.05, 4.69) is 15.1 Å². The lowest BCUT2D eigenvalue weighted by molar-refractivity contribution is 0.602. The highest BCUT2D eigenvalue weighted by atomic mass is 32.2. The summed E-state index contributed by atoms with van der Waals surface area (Å²) in [5.74, 6) is 0. The summed E-state index contributed by atoms with van der Waals surface area (Å²) in [6.45, 7) is 3.88. The molecule has 0 saturated heterocycles. The SMILES string of the molecule is Cc1cnc(-c2cc(-c3ccc(S(C)(=O)=O)cc3)nc3nn(C)c(C)c23)cn1. The summed E-state index contributed by atoms with van der Waals surface area (Å²) in [5, 5.41) is 5.45. The third kappa shape index (κ3) is 3.16. The Bertz CT molecular complexity index is 1290. The van der Waals surface area contributed by atoms with Gasteiger partial charge < -0.3 is 0 Å². The van der Waals surface area contributed by atoms with E-state index in [0.29, 0.717) is 11.3 Å². The Morgan fingerprint density at radius 2 is 1.68 bits per heavy atom. The van der Waals surface area contributed by atoms with E-state index in [0.717, 1.165) is 33.6 Å². The number of benzene rings is 1. The molecule has 142 valence electrons. The van der Waals surface area contributed by atoms with Crippen LogP contribution in [0.3, 0.4) is 0 Å². The highest BCUT2D eigenvalue weighted by Gasteiger charge is 2.17. The first kappa shape index (κ1) is 18.2. The Morgan fingerprint density at radius 1 is 0.964 bits per heavy atom. The number of aromatic nitrogens is 5. The van der Waals surface area contributed by atoms with Crippen molar-refractivity contribution in [2.24, 2.45) is 7.05 Å². The number of sulfone groups is 1. The van der Waals surface area contributed by atoms with Gasteiger partial charge in [-0.1, -0.05) is 12.1 Å². The summed E-state index contributed by atoms with van der Waals surface area (Å²) >= 11 is 0. The number of nitrogens with zero attached hydrogens (tertiary/aromatic N) is 5. The van der Waals surface area contributed by atoms with E-state index >= 15 is 0 Å². The first-order chi connectivity index (χ1) is 13.2. The van der Waals surface area contributed by atoms with E-state index < -0.39 is 9.84 Å². The number of rotatable bonds is 3. The molecule has 0 radical (unpaired) electrons. The molecule has 0 unspecified atom stereocenters. The van der Waals surface area contributed by atoms with E-state index in [4.69, 9.17) is 4.98 Å². The molecule has 0 aliphatic heterocycles. The zero-order valence-electron chi connectivity index (χ0n) is 16.0. The fraction of sp³-hybridized carbons (Fsp3) is 0.200. The molecule has 0 aliphatic carbocycles. The molecule has 3 heterocycles. The van der Waals surface area contributed by atoms with Crippen LogP contribution in [-0.2, 0) is 16.9 Å². The summed E-state index contributed by atoms with van der Waals surface area (Å²) in [5.41, 5.74) is 5.57. The third-order valence-electron chi connectivity index (χ3n) is 4.73. The molecule has 1 aromatic carbocycles. The molecule has 3 aromatic heterocycles. The van der Waals surface area contributed by atoms with Gasteiger partial charge in [-0.2, -0.15) is 5.10 Å². The molecule has 0 N–H and O–H groups in total. The Hall–Kier alpha value is -3.13. The lowest BCUT2D eigenvalue weighted by atomic mass is 10.0. The van der Waals surface area contributed by atoms with Crippen LogP contribution in [0.2, 0.25) is 0 Å². The summed E-state index contributed by atoms with van der Waals surface area (Å²) in [4.78, 5) is 13.9. The predicted molar refractivity (Wildman–Crippen MR) is 108 cm³/mol. The minimum Gasteiger partial charge on any atom is -0.270 e. The number of pyridine rings is 1. The van der Waals surface area contributed by atoms with Crippen molar-refractivity contribution in [3.63, 3.8) is 0 Å². The number of fused-ring (bicyclic) bond motifs is 1.